The van der Waals surface area contributed by atoms with Gasteiger partial charge in [-0.1, -0.05) is 58.1 Å². The zero-order valence-corrected chi connectivity index (χ0v) is 18.1. The van der Waals surface area contributed by atoms with Crippen LogP contribution in [-0.4, -0.2) is 26.2 Å². The lowest BCUT2D eigenvalue weighted by Crippen LogP contribution is -2.21. The number of Topliss-reactive ketones (excluding diaryl/α,β-unsaturated/α-hetero) is 1. The van der Waals surface area contributed by atoms with Crippen molar-refractivity contribution in [2.24, 2.45) is 11.8 Å². The van der Waals surface area contributed by atoms with Crippen molar-refractivity contribution in [3.63, 3.8) is 0 Å². The topological polar surface area (TPSA) is 107 Å². The molecule has 1 heterocycles. The Bertz CT molecular complexity index is 1060. The molecule has 31 heavy (non-hydrogen) atoms. The van der Waals surface area contributed by atoms with Crippen molar-refractivity contribution in [3.8, 4) is 28.7 Å². The zero-order chi connectivity index (χ0) is 22.9. The number of ether oxygens (including phenoxy) is 1. The second-order valence-corrected chi connectivity index (χ2v) is 8.42. The summed E-state index contributed by atoms with van der Waals surface area (Å²) in [5, 5.41) is 41.2. The highest BCUT2D eigenvalue weighted by Crippen LogP contribution is 2.49. The van der Waals surface area contributed by atoms with Gasteiger partial charge in [0.05, 0.1) is 17.5 Å². The fraction of sp³-hybridized carbons (Fsp3) is 0.320. The number of aromatic hydroxyl groups is 4. The third-order valence-corrected chi connectivity index (χ3v) is 5.05. The Balaban J connectivity index is 2.19. The molecule has 1 aliphatic heterocycles. The monoisotopic (exact) mass is 424 g/mol. The zero-order valence-electron chi connectivity index (χ0n) is 18.1. The molecule has 0 radical (unpaired) electrons. The average molecular weight is 424 g/mol. The molecule has 0 aromatic heterocycles. The number of fused-ring (bicyclic) bond motifs is 1. The molecule has 1 aliphatic rings. The minimum atomic E-state index is -0.742. The second-order valence-electron chi connectivity index (χ2n) is 8.42. The molecule has 0 saturated carbocycles. The number of hydrogen-bond donors (Lipinski definition) is 4. The summed E-state index contributed by atoms with van der Waals surface area (Å²) in [4.78, 5) is 13.1. The van der Waals surface area contributed by atoms with Gasteiger partial charge in [0, 0.05) is 0 Å². The normalized spacial score (nSPS) is 16.5. The number of benzene rings is 2. The van der Waals surface area contributed by atoms with Crippen LogP contribution in [0, 0.1) is 11.8 Å². The lowest BCUT2D eigenvalue weighted by molar-refractivity contribution is 0.0843. The van der Waals surface area contributed by atoms with Crippen LogP contribution in [0.4, 0.5) is 0 Å². The van der Waals surface area contributed by atoms with Gasteiger partial charge in [-0.3, -0.25) is 4.79 Å². The molecule has 0 saturated heterocycles. The Morgan fingerprint density at radius 3 is 2.10 bits per heavy atom. The Morgan fingerprint density at radius 1 is 0.903 bits per heavy atom. The van der Waals surface area contributed by atoms with Crippen molar-refractivity contribution in [3.05, 3.63) is 52.6 Å². The first-order chi connectivity index (χ1) is 14.6. The van der Waals surface area contributed by atoms with Crippen molar-refractivity contribution in [2.45, 2.75) is 40.2 Å². The van der Waals surface area contributed by atoms with E-state index in [2.05, 4.69) is 0 Å². The summed E-state index contributed by atoms with van der Waals surface area (Å²) < 4.78 is 6.08. The van der Waals surface area contributed by atoms with E-state index in [1.807, 2.05) is 39.8 Å². The van der Waals surface area contributed by atoms with E-state index in [1.165, 1.54) is 12.1 Å². The number of allylic oxidation sites excluding steroid dienone is 2. The second kappa shape index (κ2) is 8.76. The quantitative estimate of drug-likeness (QED) is 0.469. The van der Waals surface area contributed by atoms with Gasteiger partial charge in [-0.25, -0.2) is 0 Å². The molecular formula is C25H28O6. The number of ketones is 1. The molecule has 6 heteroatoms. The number of phenols is 4. The number of rotatable bonds is 5. The van der Waals surface area contributed by atoms with Gasteiger partial charge >= 0.3 is 0 Å². The summed E-state index contributed by atoms with van der Waals surface area (Å²) in [6.07, 6.45) is 6.19. The van der Waals surface area contributed by atoms with Gasteiger partial charge in [-0.2, -0.15) is 0 Å². The molecule has 4 N–H and O–H groups in total. The van der Waals surface area contributed by atoms with E-state index < -0.39 is 6.10 Å². The maximum Gasteiger partial charge on any atom is 0.174 e. The first kappa shape index (κ1) is 22.3. The molecule has 0 spiro atoms. The third kappa shape index (κ3) is 4.53. The molecular weight excluding hydrogens is 396 g/mol. The van der Waals surface area contributed by atoms with Crippen LogP contribution in [0.3, 0.4) is 0 Å². The fourth-order valence-electron chi connectivity index (χ4n) is 3.39. The highest BCUT2D eigenvalue weighted by Gasteiger charge is 2.35. The molecule has 0 fully saturated rings. The predicted molar refractivity (Wildman–Crippen MR) is 120 cm³/mol. The summed E-state index contributed by atoms with van der Waals surface area (Å²) >= 11 is 0. The minimum absolute atomic E-state index is 0.0314. The summed E-state index contributed by atoms with van der Waals surface area (Å²) in [5.41, 5.74) is 1.01. The Labute approximate surface area is 181 Å². The SMILES string of the molecule is CC(C)C=Cc1c(O)c(C=CC(C)C)c2c(c1O)C(=O)C[C@@H](c1ccc(O)c(O)c1)O2. The van der Waals surface area contributed by atoms with Gasteiger partial charge in [0.2, 0.25) is 0 Å². The van der Waals surface area contributed by atoms with Crippen LogP contribution in [0.2, 0.25) is 0 Å². The maximum absolute atomic E-state index is 13.1. The molecule has 0 amide bonds. The van der Waals surface area contributed by atoms with Crippen LogP contribution in [0.15, 0.2) is 30.4 Å². The summed E-state index contributed by atoms with van der Waals surface area (Å²) in [5.74, 6) is -0.958. The summed E-state index contributed by atoms with van der Waals surface area (Å²) in [6.45, 7) is 7.89. The van der Waals surface area contributed by atoms with E-state index in [9.17, 15) is 25.2 Å². The van der Waals surface area contributed by atoms with Gasteiger partial charge in [-0.05, 0) is 29.5 Å². The van der Waals surface area contributed by atoms with E-state index in [0.29, 0.717) is 11.1 Å². The van der Waals surface area contributed by atoms with Crippen molar-refractivity contribution < 1.29 is 30.0 Å². The lowest BCUT2D eigenvalue weighted by Gasteiger charge is -2.29. The first-order valence-electron chi connectivity index (χ1n) is 10.3. The highest BCUT2D eigenvalue weighted by atomic mass is 16.5. The highest BCUT2D eigenvalue weighted by molar-refractivity contribution is 6.05. The van der Waals surface area contributed by atoms with Crippen LogP contribution in [0.25, 0.3) is 12.2 Å². The smallest absolute Gasteiger partial charge is 0.174 e. The van der Waals surface area contributed by atoms with Gasteiger partial charge in [-0.15, -0.1) is 0 Å². The van der Waals surface area contributed by atoms with Crippen LogP contribution < -0.4 is 4.74 Å². The van der Waals surface area contributed by atoms with Crippen LogP contribution in [0.5, 0.6) is 28.7 Å². The molecule has 6 nitrogen and oxygen atoms in total. The van der Waals surface area contributed by atoms with E-state index in [1.54, 1.807) is 18.2 Å². The molecule has 0 unspecified atom stereocenters. The predicted octanol–water partition coefficient (Wildman–Crippen LogP) is 5.55. The fourth-order valence-corrected chi connectivity index (χ4v) is 3.39. The molecule has 2 aromatic rings. The third-order valence-electron chi connectivity index (χ3n) is 5.05. The van der Waals surface area contributed by atoms with Gasteiger partial charge in [0.15, 0.2) is 17.3 Å². The molecule has 0 bridgehead atoms. The summed E-state index contributed by atoms with van der Waals surface area (Å²) in [6, 6.07) is 4.21. The maximum atomic E-state index is 13.1. The summed E-state index contributed by atoms with van der Waals surface area (Å²) in [7, 11) is 0. The molecule has 2 aromatic carbocycles. The van der Waals surface area contributed by atoms with E-state index >= 15 is 0 Å². The van der Waals surface area contributed by atoms with Crippen LogP contribution in [0.1, 0.15) is 67.3 Å². The van der Waals surface area contributed by atoms with Crippen LogP contribution in [-0.2, 0) is 0 Å². The molecule has 0 aliphatic carbocycles. The lowest BCUT2D eigenvalue weighted by atomic mass is 9.90. The Morgan fingerprint density at radius 2 is 1.52 bits per heavy atom. The molecule has 1 atom stereocenters. The van der Waals surface area contributed by atoms with Crippen molar-refractivity contribution in [1.82, 2.24) is 0 Å². The van der Waals surface area contributed by atoms with Gasteiger partial charge in [0.1, 0.15) is 28.9 Å². The number of phenolic OH excluding ortho intramolecular Hbond substituents is 4. The number of hydrogen-bond acceptors (Lipinski definition) is 6. The Kier molecular flexibility index (Phi) is 6.29. The minimum Gasteiger partial charge on any atom is -0.506 e. The van der Waals surface area contributed by atoms with E-state index in [4.69, 9.17) is 4.74 Å². The standard InChI is InChI=1S/C25H28O6/c1-13(2)5-8-16-23(29)17(9-6-14(3)4)25-22(24(16)30)20(28)12-21(31-25)15-7-10-18(26)19(27)11-15/h5-11,13-14,21,26-27,29-30H,12H2,1-4H3/t21-/m0/s1. The number of carbonyl (C=O) groups is 1. The first-order valence-corrected chi connectivity index (χ1v) is 10.3. The molecule has 164 valence electrons. The van der Waals surface area contributed by atoms with Crippen molar-refractivity contribution in [1.29, 1.82) is 0 Å². The van der Waals surface area contributed by atoms with Crippen LogP contribution >= 0.6 is 0 Å². The van der Waals surface area contributed by atoms with Crippen molar-refractivity contribution >= 4 is 17.9 Å². The number of carbonyl (C=O) groups excluding carboxylic acids is 1. The average Bonchev–Trinajstić information content (AvgIpc) is 2.68. The largest absolute Gasteiger partial charge is 0.506 e. The Hall–Kier alpha value is -3.41. The molecule has 3 rings (SSSR count). The van der Waals surface area contributed by atoms with Gasteiger partial charge in [0.25, 0.3) is 0 Å². The van der Waals surface area contributed by atoms with E-state index in [-0.39, 0.29) is 63.9 Å². The van der Waals surface area contributed by atoms with Crippen molar-refractivity contribution in [2.75, 3.05) is 0 Å². The van der Waals surface area contributed by atoms with E-state index in [0.717, 1.165) is 0 Å². The van der Waals surface area contributed by atoms with Gasteiger partial charge < -0.3 is 25.2 Å².